The van der Waals surface area contributed by atoms with Crippen LogP contribution in [0.25, 0.3) is 0 Å². The molecular weight excluding hydrogens is 250 g/mol. The van der Waals surface area contributed by atoms with Crippen molar-refractivity contribution < 1.29 is 21.6 Å². The Morgan fingerprint density at radius 1 is 1.30 bits per heavy atom. The zero-order chi connectivity index (χ0) is 18.9. The van der Waals surface area contributed by atoms with Crippen molar-refractivity contribution in [1.82, 2.24) is 0 Å². The Hall–Kier alpha value is -1.06. The molecule has 3 heteroatoms. The third kappa shape index (κ3) is 3.53. The van der Waals surface area contributed by atoms with Gasteiger partial charge in [-0.25, -0.2) is 0 Å². The van der Waals surface area contributed by atoms with Gasteiger partial charge in [0.05, 0.1) is 46.0 Å². The number of aliphatic hydroxyl groups is 1. The number of benzene rings is 1. The summed E-state index contributed by atoms with van der Waals surface area (Å²) in [6.45, 7) is -1.67. The predicted octanol–water partition coefficient (Wildman–Crippen LogP) is 1.62. The highest BCUT2D eigenvalue weighted by atomic mass is 16.5. The van der Waals surface area contributed by atoms with Gasteiger partial charge in [-0.2, -0.15) is 0 Å². The van der Waals surface area contributed by atoms with Crippen LogP contribution in [-0.2, 0) is 0 Å². The fourth-order valence-electron chi connectivity index (χ4n) is 3.00. The Balaban J connectivity index is 2.38. The van der Waals surface area contributed by atoms with E-state index in [4.69, 9.17) is 11.6 Å². The summed E-state index contributed by atoms with van der Waals surface area (Å²) in [5.74, 6) is -0.497. The molecule has 2 N–H and O–H groups in total. The lowest BCUT2D eigenvalue weighted by molar-refractivity contribution is -0.860. The number of likely N-dealkylation sites (N-methyl/N-ethyl adjacent to an activating group) is 1. The molecule has 0 heterocycles. The second-order valence-corrected chi connectivity index (χ2v) is 5.91. The van der Waals surface area contributed by atoms with E-state index in [1.807, 2.05) is 0 Å². The van der Waals surface area contributed by atoms with E-state index in [-0.39, 0.29) is 5.75 Å². The van der Waals surface area contributed by atoms with E-state index in [1.54, 1.807) is 26.2 Å². The number of nitrogens with one attached hydrogen (secondary N) is 1. The second kappa shape index (κ2) is 6.59. The lowest BCUT2D eigenvalue weighted by Gasteiger charge is -2.39. The van der Waals surface area contributed by atoms with Crippen molar-refractivity contribution in [2.45, 2.75) is 43.6 Å². The smallest absolute Gasteiger partial charge is 0.118 e. The minimum absolute atomic E-state index is 0.205. The molecule has 0 bridgehead atoms. The number of methoxy groups -OCH3 is 1. The van der Waals surface area contributed by atoms with E-state index in [2.05, 4.69) is 0 Å². The highest BCUT2D eigenvalue weighted by Gasteiger charge is 2.40. The van der Waals surface area contributed by atoms with Crippen LogP contribution >= 0.6 is 0 Å². The number of quaternary nitrogens is 1. The van der Waals surface area contributed by atoms with Crippen molar-refractivity contribution in [3.8, 4) is 5.75 Å². The molecule has 0 amide bonds. The normalized spacial score (nSPS) is 24.9. The molecule has 0 saturated heterocycles. The molecule has 1 aliphatic carbocycles. The van der Waals surface area contributed by atoms with Gasteiger partial charge in [0, 0.05) is 0 Å². The van der Waals surface area contributed by atoms with Gasteiger partial charge in [0.1, 0.15) is 5.75 Å². The molecular formula is C17H28NO2+. The van der Waals surface area contributed by atoms with Crippen molar-refractivity contribution in [3.63, 3.8) is 0 Å². The molecule has 2 rings (SSSR count). The Bertz CT molecular complexity index is 565. The number of rotatable bonds is 5. The van der Waals surface area contributed by atoms with E-state index in [0.29, 0.717) is 23.3 Å². The Labute approximate surface area is 129 Å². The first-order chi connectivity index (χ1) is 11.5. The molecule has 0 radical (unpaired) electrons. The summed E-state index contributed by atoms with van der Waals surface area (Å²) < 4.78 is 43.5. The maximum atomic E-state index is 11.3. The molecule has 1 aliphatic rings. The van der Waals surface area contributed by atoms with Gasteiger partial charge in [0.2, 0.25) is 0 Å². The number of ether oxygens (including phenoxy) is 1. The zero-order valence-corrected chi connectivity index (χ0v) is 12.3. The van der Waals surface area contributed by atoms with Gasteiger partial charge in [-0.15, -0.1) is 0 Å². The highest BCUT2D eigenvalue weighted by molar-refractivity contribution is 5.31. The molecule has 1 saturated carbocycles. The lowest BCUT2D eigenvalue weighted by atomic mass is 9.72. The largest absolute Gasteiger partial charge is 0.497 e. The summed E-state index contributed by atoms with van der Waals surface area (Å²) in [4.78, 5) is 0.610. The van der Waals surface area contributed by atoms with Crippen molar-refractivity contribution >= 4 is 0 Å². The van der Waals surface area contributed by atoms with Crippen LogP contribution in [0.4, 0.5) is 0 Å². The van der Waals surface area contributed by atoms with Crippen molar-refractivity contribution in [1.29, 1.82) is 0 Å². The molecule has 1 unspecified atom stereocenters. The average Bonchev–Trinajstić information content (AvgIpc) is 2.48. The molecule has 1 atom stereocenters. The number of hydrogen-bond donors (Lipinski definition) is 2. The van der Waals surface area contributed by atoms with Crippen LogP contribution in [-0.4, -0.2) is 38.3 Å². The third-order valence-corrected chi connectivity index (χ3v) is 4.02. The molecule has 1 fully saturated rings. The van der Waals surface area contributed by atoms with Crippen molar-refractivity contribution in [2.75, 3.05) is 27.6 Å². The molecule has 0 aromatic heterocycles. The van der Waals surface area contributed by atoms with Gasteiger partial charge in [-0.3, -0.25) is 0 Å². The maximum Gasteiger partial charge on any atom is 0.118 e. The van der Waals surface area contributed by atoms with Crippen molar-refractivity contribution in [3.05, 3.63) is 29.8 Å². The quantitative estimate of drug-likeness (QED) is 0.861. The Kier molecular flexibility index (Phi) is 3.23. The fraction of sp³-hybridized carbons (Fsp3) is 0.647. The summed E-state index contributed by atoms with van der Waals surface area (Å²) in [5.41, 5.74) is -0.445. The first-order valence-electron chi connectivity index (χ1n) is 9.78. The van der Waals surface area contributed by atoms with Crippen LogP contribution in [0, 0.1) is 0 Å². The first kappa shape index (κ1) is 9.80. The molecule has 1 aromatic rings. The van der Waals surface area contributed by atoms with Crippen LogP contribution in [0.15, 0.2) is 24.3 Å². The molecule has 1 aromatic carbocycles. The second-order valence-electron chi connectivity index (χ2n) is 5.91. The van der Waals surface area contributed by atoms with E-state index in [1.165, 1.54) is 12.1 Å². The zero-order valence-electron chi connectivity index (χ0n) is 17.3. The molecule has 3 nitrogen and oxygen atoms in total. The van der Waals surface area contributed by atoms with E-state index >= 15 is 0 Å². The standard InChI is InChI=1S/C17H27NO2/c1-18(2)13-16(17(19)11-5-4-6-12-17)14-7-9-15(20-3)10-8-14/h7-10,16,19H,4-6,11-13H2,1-3H3/p+1/i3D3,13D2. The molecule has 20 heavy (non-hydrogen) atoms. The van der Waals surface area contributed by atoms with Gasteiger partial charge in [0.25, 0.3) is 0 Å². The minimum atomic E-state index is -2.52. The lowest BCUT2D eigenvalue weighted by Crippen LogP contribution is -3.06. The summed E-state index contributed by atoms with van der Waals surface area (Å²) in [6.07, 6.45) is 3.95. The SMILES string of the molecule is [2H]C([2H])([2H])Oc1ccc(C(C2(O)CCCCC2)C([2H])([2H])[NH+](C)C)cc1. The van der Waals surface area contributed by atoms with Gasteiger partial charge in [0.15, 0.2) is 0 Å². The first-order valence-corrected chi connectivity index (χ1v) is 7.28. The van der Waals surface area contributed by atoms with E-state index < -0.39 is 25.1 Å². The van der Waals surface area contributed by atoms with Gasteiger partial charge in [-0.05, 0) is 30.5 Å². The summed E-state index contributed by atoms with van der Waals surface area (Å²) >= 11 is 0. The van der Waals surface area contributed by atoms with Crippen molar-refractivity contribution in [2.24, 2.45) is 0 Å². The van der Waals surface area contributed by atoms with Crippen LogP contribution in [0.3, 0.4) is 0 Å². The molecule has 0 aliphatic heterocycles. The fourth-order valence-corrected chi connectivity index (χ4v) is 3.00. The third-order valence-electron chi connectivity index (χ3n) is 4.02. The Morgan fingerprint density at radius 3 is 2.50 bits per heavy atom. The topological polar surface area (TPSA) is 33.9 Å². The maximum absolute atomic E-state index is 11.3. The average molecular weight is 283 g/mol. The van der Waals surface area contributed by atoms with Crippen LogP contribution in [0.1, 0.15) is 50.4 Å². The molecule has 0 spiro atoms. The monoisotopic (exact) mass is 283 g/mol. The van der Waals surface area contributed by atoms with Crippen LogP contribution < -0.4 is 9.64 Å². The number of hydrogen-bond acceptors (Lipinski definition) is 2. The van der Waals surface area contributed by atoms with Gasteiger partial charge in [-0.1, -0.05) is 31.4 Å². The van der Waals surface area contributed by atoms with E-state index in [9.17, 15) is 5.11 Å². The Morgan fingerprint density at radius 2 is 1.95 bits per heavy atom. The summed E-state index contributed by atoms with van der Waals surface area (Å²) in [5, 5.41) is 11.3. The summed E-state index contributed by atoms with van der Waals surface area (Å²) in [6, 6.07) is 6.39. The van der Waals surface area contributed by atoms with Crippen LogP contribution in [0.5, 0.6) is 5.75 Å². The van der Waals surface area contributed by atoms with Crippen LogP contribution in [0.2, 0.25) is 0 Å². The minimum Gasteiger partial charge on any atom is -0.497 e. The predicted molar refractivity (Wildman–Crippen MR) is 81.4 cm³/mol. The van der Waals surface area contributed by atoms with Gasteiger partial charge >= 0.3 is 0 Å². The molecule has 112 valence electrons. The highest BCUT2D eigenvalue weighted by Crippen LogP contribution is 2.39. The summed E-state index contributed by atoms with van der Waals surface area (Å²) in [7, 11) is 0.960. The van der Waals surface area contributed by atoms with Gasteiger partial charge < -0.3 is 14.7 Å². The van der Waals surface area contributed by atoms with E-state index in [0.717, 1.165) is 19.3 Å².